The normalized spacial score (nSPS) is 10.6. The van der Waals surface area contributed by atoms with Gasteiger partial charge in [-0.3, -0.25) is 4.79 Å². The lowest BCUT2D eigenvalue weighted by Gasteiger charge is -2.06. The summed E-state index contributed by atoms with van der Waals surface area (Å²) in [4.78, 5) is 32.9. The van der Waals surface area contributed by atoms with Crippen molar-refractivity contribution < 1.29 is 13.9 Å². The van der Waals surface area contributed by atoms with Gasteiger partial charge in [0.2, 0.25) is 11.2 Å². The Kier molecular flexibility index (Phi) is 5.71. The van der Waals surface area contributed by atoms with Gasteiger partial charge in [0.15, 0.2) is 5.16 Å². The van der Waals surface area contributed by atoms with Crippen LogP contribution in [0, 0.1) is 20.8 Å². The quantitative estimate of drug-likeness (QED) is 0.376. The molecule has 0 unspecified atom stereocenters. The number of hydrogen-bond donors (Lipinski definition) is 0. The standard InChI is InChI=1S/C20H18N2O4S/c1-12-4-5-15(8-13(12)2)19(24)26-18-10-25-16(9-17(18)23)11-27-20-21-7-6-14(3)22-20/h4-10H,11H2,1-3H3. The predicted molar refractivity (Wildman–Crippen MR) is 102 cm³/mol. The second-order valence-electron chi connectivity index (χ2n) is 6.03. The van der Waals surface area contributed by atoms with Gasteiger partial charge in [-0.1, -0.05) is 17.8 Å². The monoisotopic (exact) mass is 382 g/mol. The van der Waals surface area contributed by atoms with Gasteiger partial charge in [-0.2, -0.15) is 0 Å². The van der Waals surface area contributed by atoms with E-state index in [0.717, 1.165) is 23.1 Å². The maximum Gasteiger partial charge on any atom is 0.343 e. The highest BCUT2D eigenvalue weighted by molar-refractivity contribution is 7.98. The first-order valence-electron chi connectivity index (χ1n) is 8.26. The van der Waals surface area contributed by atoms with E-state index in [1.165, 1.54) is 17.8 Å². The molecule has 6 nitrogen and oxygen atoms in total. The van der Waals surface area contributed by atoms with Crippen molar-refractivity contribution in [3.05, 3.63) is 81.2 Å². The summed E-state index contributed by atoms with van der Waals surface area (Å²) in [7, 11) is 0. The highest BCUT2D eigenvalue weighted by Gasteiger charge is 2.13. The van der Waals surface area contributed by atoms with E-state index in [1.807, 2.05) is 32.9 Å². The summed E-state index contributed by atoms with van der Waals surface area (Å²) in [6.45, 7) is 5.74. The van der Waals surface area contributed by atoms with E-state index in [1.54, 1.807) is 18.3 Å². The van der Waals surface area contributed by atoms with Crippen LogP contribution in [-0.4, -0.2) is 15.9 Å². The number of aromatic nitrogens is 2. The van der Waals surface area contributed by atoms with E-state index >= 15 is 0 Å². The lowest BCUT2D eigenvalue weighted by Crippen LogP contribution is -2.15. The Morgan fingerprint density at radius 2 is 1.96 bits per heavy atom. The second kappa shape index (κ2) is 8.18. The number of thioether (sulfide) groups is 1. The molecule has 0 atom stereocenters. The third-order valence-corrected chi connectivity index (χ3v) is 4.80. The van der Waals surface area contributed by atoms with Crippen molar-refractivity contribution in [1.82, 2.24) is 9.97 Å². The van der Waals surface area contributed by atoms with Gasteiger partial charge in [0.05, 0.1) is 11.3 Å². The van der Waals surface area contributed by atoms with Crippen LogP contribution in [0.4, 0.5) is 0 Å². The molecule has 27 heavy (non-hydrogen) atoms. The van der Waals surface area contributed by atoms with Crippen LogP contribution in [0.15, 0.2) is 57.2 Å². The second-order valence-corrected chi connectivity index (χ2v) is 6.98. The Morgan fingerprint density at radius 3 is 2.67 bits per heavy atom. The third kappa shape index (κ3) is 4.83. The molecular weight excluding hydrogens is 364 g/mol. The van der Waals surface area contributed by atoms with Crippen molar-refractivity contribution in [1.29, 1.82) is 0 Å². The van der Waals surface area contributed by atoms with Crippen LogP contribution in [-0.2, 0) is 5.75 Å². The molecule has 0 N–H and O–H groups in total. The zero-order chi connectivity index (χ0) is 19.4. The van der Waals surface area contributed by atoms with Gasteiger partial charge >= 0.3 is 5.97 Å². The number of aryl methyl sites for hydroxylation is 3. The molecule has 3 aromatic rings. The molecule has 0 spiro atoms. The van der Waals surface area contributed by atoms with Crippen LogP contribution in [0.3, 0.4) is 0 Å². The third-order valence-electron chi connectivity index (χ3n) is 3.91. The van der Waals surface area contributed by atoms with Crippen molar-refractivity contribution in [3.63, 3.8) is 0 Å². The van der Waals surface area contributed by atoms with Gasteiger partial charge in [-0.15, -0.1) is 0 Å². The lowest BCUT2D eigenvalue weighted by molar-refractivity contribution is 0.0728. The number of ether oxygens (including phenoxy) is 1. The summed E-state index contributed by atoms with van der Waals surface area (Å²) in [6, 6.07) is 8.35. The van der Waals surface area contributed by atoms with Crippen molar-refractivity contribution in [2.45, 2.75) is 31.7 Å². The number of carbonyl (C=O) groups is 1. The average molecular weight is 382 g/mol. The SMILES string of the molecule is Cc1ccnc(SCc2cc(=O)c(OC(=O)c3ccc(C)c(C)c3)co2)n1. The van der Waals surface area contributed by atoms with Gasteiger partial charge in [0, 0.05) is 18.0 Å². The molecule has 0 saturated carbocycles. The fraction of sp³-hybridized carbons (Fsp3) is 0.200. The maximum absolute atomic E-state index is 12.2. The molecular formula is C20H18N2O4S. The summed E-state index contributed by atoms with van der Waals surface area (Å²) < 4.78 is 10.6. The smallest absolute Gasteiger partial charge is 0.343 e. The van der Waals surface area contributed by atoms with Gasteiger partial charge in [0.25, 0.3) is 0 Å². The van der Waals surface area contributed by atoms with Gasteiger partial charge in [-0.25, -0.2) is 14.8 Å². The van der Waals surface area contributed by atoms with Gasteiger partial charge in [-0.05, 0) is 50.1 Å². The molecule has 0 amide bonds. The lowest BCUT2D eigenvalue weighted by atomic mass is 10.1. The fourth-order valence-electron chi connectivity index (χ4n) is 2.25. The van der Waals surface area contributed by atoms with E-state index in [-0.39, 0.29) is 5.75 Å². The molecule has 0 aliphatic rings. The Bertz CT molecular complexity index is 1050. The first-order chi connectivity index (χ1) is 12.9. The zero-order valence-corrected chi connectivity index (χ0v) is 16.0. The number of rotatable bonds is 5. The summed E-state index contributed by atoms with van der Waals surface area (Å²) in [5.41, 5.74) is 2.88. The number of benzene rings is 1. The topological polar surface area (TPSA) is 82.3 Å². The first kappa shape index (κ1) is 18.8. The Labute approximate surface area is 160 Å². The zero-order valence-electron chi connectivity index (χ0n) is 15.2. The highest BCUT2D eigenvalue weighted by atomic mass is 32.2. The van der Waals surface area contributed by atoms with Crippen LogP contribution in [0.5, 0.6) is 5.75 Å². The Hall–Kier alpha value is -2.93. The Morgan fingerprint density at radius 1 is 1.15 bits per heavy atom. The summed E-state index contributed by atoms with van der Waals surface area (Å²) in [5.74, 6) is 0.102. The van der Waals surface area contributed by atoms with E-state index in [4.69, 9.17) is 9.15 Å². The minimum Gasteiger partial charge on any atom is -0.464 e. The molecule has 0 aliphatic heterocycles. The van der Waals surface area contributed by atoms with E-state index in [0.29, 0.717) is 22.2 Å². The van der Waals surface area contributed by atoms with Crippen LogP contribution in [0.1, 0.15) is 32.9 Å². The van der Waals surface area contributed by atoms with Crippen molar-refractivity contribution in [3.8, 4) is 5.75 Å². The molecule has 2 heterocycles. The molecule has 138 valence electrons. The minimum absolute atomic E-state index is 0.140. The number of carbonyl (C=O) groups excluding carboxylic acids is 1. The molecule has 3 rings (SSSR count). The summed E-state index contributed by atoms with van der Waals surface area (Å²) in [5, 5.41) is 0.600. The number of esters is 1. The van der Waals surface area contributed by atoms with Gasteiger partial charge < -0.3 is 9.15 Å². The first-order valence-corrected chi connectivity index (χ1v) is 9.24. The van der Waals surface area contributed by atoms with E-state index < -0.39 is 11.4 Å². The molecule has 0 aliphatic carbocycles. The molecule has 2 aromatic heterocycles. The maximum atomic E-state index is 12.2. The van der Waals surface area contributed by atoms with Gasteiger partial charge in [0.1, 0.15) is 12.0 Å². The largest absolute Gasteiger partial charge is 0.464 e. The van der Waals surface area contributed by atoms with Crippen LogP contribution >= 0.6 is 11.8 Å². The van der Waals surface area contributed by atoms with Crippen LogP contribution < -0.4 is 10.2 Å². The molecule has 1 aromatic carbocycles. The number of nitrogens with zero attached hydrogens (tertiary/aromatic N) is 2. The minimum atomic E-state index is -0.597. The predicted octanol–water partition coefficient (Wildman–Crippen LogP) is 3.87. The highest BCUT2D eigenvalue weighted by Crippen LogP contribution is 2.19. The molecule has 0 saturated heterocycles. The van der Waals surface area contributed by atoms with E-state index in [2.05, 4.69) is 9.97 Å². The molecule has 0 bridgehead atoms. The summed E-state index contributed by atoms with van der Waals surface area (Å²) >= 11 is 1.35. The fourth-order valence-corrected chi connectivity index (χ4v) is 3.01. The van der Waals surface area contributed by atoms with E-state index in [9.17, 15) is 9.59 Å². The number of hydrogen-bond acceptors (Lipinski definition) is 7. The average Bonchev–Trinajstić information content (AvgIpc) is 2.64. The molecule has 7 heteroatoms. The summed E-state index contributed by atoms with van der Waals surface area (Å²) in [6.07, 6.45) is 2.84. The molecule has 0 radical (unpaired) electrons. The van der Waals surface area contributed by atoms with Crippen molar-refractivity contribution >= 4 is 17.7 Å². The molecule has 0 fully saturated rings. The van der Waals surface area contributed by atoms with Crippen LogP contribution in [0.25, 0.3) is 0 Å². The van der Waals surface area contributed by atoms with Crippen LogP contribution in [0.2, 0.25) is 0 Å². The van der Waals surface area contributed by atoms with Crippen molar-refractivity contribution in [2.24, 2.45) is 0 Å². The Balaban J connectivity index is 1.68. The van der Waals surface area contributed by atoms with Crippen molar-refractivity contribution in [2.75, 3.05) is 0 Å².